The first-order valence-corrected chi connectivity index (χ1v) is 8.84. The number of aromatic amines is 1. The quantitative estimate of drug-likeness (QED) is 0.504. The summed E-state index contributed by atoms with van der Waals surface area (Å²) in [5, 5.41) is 0.324. The molecule has 2 heterocycles. The highest BCUT2D eigenvalue weighted by Crippen LogP contribution is 2.31. The predicted octanol–water partition coefficient (Wildman–Crippen LogP) is 3.68. The molecule has 2 aromatic carbocycles. The summed E-state index contributed by atoms with van der Waals surface area (Å²) in [5.74, 6) is -0.773. The van der Waals surface area contributed by atoms with Crippen molar-refractivity contribution < 1.29 is 18.3 Å². The number of nitrogens with one attached hydrogen (secondary N) is 1. The molecule has 0 aliphatic heterocycles. The first-order valence-electron chi connectivity index (χ1n) is 8.84. The van der Waals surface area contributed by atoms with Crippen LogP contribution in [-0.4, -0.2) is 34.9 Å². The molecule has 0 saturated heterocycles. The van der Waals surface area contributed by atoms with Crippen LogP contribution in [0.2, 0.25) is 0 Å². The SMILES string of the molecule is COCCOc1ccc(-c2cn(-c3cc(F)cc(F)c3)c3nc[nH]c(=O)c23)cc1. The van der Waals surface area contributed by atoms with Gasteiger partial charge in [-0.1, -0.05) is 12.1 Å². The fraction of sp³-hybridized carbons (Fsp3) is 0.143. The van der Waals surface area contributed by atoms with Crippen LogP contribution in [0.1, 0.15) is 0 Å². The molecule has 0 aliphatic carbocycles. The third kappa shape index (κ3) is 3.74. The number of rotatable bonds is 6. The first-order chi connectivity index (χ1) is 14.1. The van der Waals surface area contributed by atoms with Gasteiger partial charge >= 0.3 is 0 Å². The second-order valence-corrected chi connectivity index (χ2v) is 6.34. The van der Waals surface area contributed by atoms with Crippen LogP contribution in [0.3, 0.4) is 0 Å². The lowest BCUT2D eigenvalue weighted by molar-refractivity contribution is 0.146. The molecule has 0 unspecified atom stereocenters. The zero-order valence-corrected chi connectivity index (χ0v) is 15.5. The van der Waals surface area contributed by atoms with Gasteiger partial charge in [-0.05, 0) is 29.8 Å². The second kappa shape index (κ2) is 7.84. The number of halogens is 2. The fourth-order valence-electron chi connectivity index (χ4n) is 3.14. The van der Waals surface area contributed by atoms with E-state index in [1.165, 1.54) is 23.0 Å². The molecule has 4 aromatic rings. The molecule has 0 atom stereocenters. The van der Waals surface area contributed by atoms with Gasteiger partial charge in [-0.2, -0.15) is 0 Å². The van der Waals surface area contributed by atoms with E-state index in [2.05, 4.69) is 9.97 Å². The van der Waals surface area contributed by atoms with Crippen LogP contribution in [0.25, 0.3) is 27.8 Å². The number of nitrogens with zero attached hydrogens (tertiary/aromatic N) is 2. The van der Waals surface area contributed by atoms with E-state index in [-0.39, 0.29) is 11.2 Å². The van der Waals surface area contributed by atoms with E-state index >= 15 is 0 Å². The molecule has 6 nitrogen and oxygen atoms in total. The van der Waals surface area contributed by atoms with E-state index in [1.54, 1.807) is 37.6 Å². The minimum atomic E-state index is -0.717. The van der Waals surface area contributed by atoms with Crippen molar-refractivity contribution in [3.63, 3.8) is 0 Å². The van der Waals surface area contributed by atoms with Crippen LogP contribution >= 0.6 is 0 Å². The Kier molecular flexibility index (Phi) is 5.09. The van der Waals surface area contributed by atoms with Crippen molar-refractivity contribution >= 4 is 11.0 Å². The average Bonchev–Trinajstić information content (AvgIpc) is 3.09. The maximum atomic E-state index is 13.7. The lowest BCUT2D eigenvalue weighted by Crippen LogP contribution is -2.07. The van der Waals surface area contributed by atoms with Gasteiger partial charge in [-0.3, -0.25) is 4.79 Å². The Bertz CT molecular complexity index is 1200. The number of ether oxygens (including phenoxy) is 2. The van der Waals surface area contributed by atoms with Crippen molar-refractivity contribution in [3.05, 3.63) is 77.0 Å². The van der Waals surface area contributed by atoms with Gasteiger partial charge in [-0.15, -0.1) is 0 Å². The predicted molar refractivity (Wildman–Crippen MR) is 104 cm³/mol. The van der Waals surface area contributed by atoms with E-state index in [0.717, 1.165) is 11.6 Å². The van der Waals surface area contributed by atoms with Gasteiger partial charge in [0.25, 0.3) is 5.56 Å². The summed E-state index contributed by atoms with van der Waals surface area (Å²) in [6, 6.07) is 10.3. The fourth-order valence-corrected chi connectivity index (χ4v) is 3.14. The molecule has 0 bridgehead atoms. The molecule has 0 amide bonds. The van der Waals surface area contributed by atoms with Gasteiger partial charge in [0, 0.05) is 24.9 Å². The Morgan fingerprint density at radius 2 is 1.79 bits per heavy atom. The van der Waals surface area contributed by atoms with E-state index in [9.17, 15) is 13.6 Å². The summed E-state index contributed by atoms with van der Waals surface area (Å²) < 4.78 is 39.5. The molecule has 29 heavy (non-hydrogen) atoms. The van der Waals surface area contributed by atoms with Crippen molar-refractivity contribution in [3.8, 4) is 22.6 Å². The molecule has 2 aromatic heterocycles. The first kappa shape index (κ1) is 18.8. The number of hydrogen-bond acceptors (Lipinski definition) is 4. The zero-order chi connectivity index (χ0) is 20.4. The maximum absolute atomic E-state index is 13.7. The average molecular weight is 397 g/mol. The molecule has 8 heteroatoms. The van der Waals surface area contributed by atoms with Gasteiger partial charge in [-0.25, -0.2) is 13.8 Å². The Morgan fingerprint density at radius 1 is 1.07 bits per heavy atom. The minimum absolute atomic E-state index is 0.233. The van der Waals surface area contributed by atoms with Gasteiger partial charge in [0.1, 0.15) is 24.0 Å². The number of benzene rings is 2. The van der Waals surface area contributed by atoms with Crippen molar-refractivity contribution in [1.82, 2.24) is 14.5 Å². The van der Waals surface area contributed by atoms with Gasteiger partial charge in [0.05, 0.1) is 24.0 Å². The van der Waals surface area contributed by atoms with Crippen LogP contribution in [-0.2, 0) is 4.74 Å². The van der Waals surface area contributed by atoms with Crippen molar-refractivity contribution in [2.45, 2.75) is 0 Å². The Hall–Kier alpha value is -3.52. The third-order valence-corrected chi connectivity index (χ3v) is 4.44. The number of fused-ring (bicyclic) bond motifs is 1. The summed E-state index contributed by atoms with van der Waals surface area (Å²) in [4.78, 5) is 19.3. The zero-order valence-electron chi connectivity index (χ0n) is 15.5. The highest BCUT2D eigenvalue weighted by molar-refractivity contribution is 5.94. The van der Waals surface area contributed by atoms with Gasteiger partial charge in [0.2, 0.25) is 0 Å². The Labute approximate surface area is 164 Å². The molecule has 0 fully saturated rings. The molecular weight excluding hydrogens is 380 g/mol. The molecule has 148 valence electrons. The van der Waals surface area contributed by atoms with Crippen LogP contribution in [0, 0.1) is 11.6 Å². The Morgan fingerprint density at radius 3 is 2.48 bits per heavy atom. The Balaban J connectivity index is 1.82. The van der Waals surface area contributed by atoms with E-state index in [4.69, 9.17) is 9.47 Å². The van der Waals surface area contributed by atoms with E-state index < -0.39 is 11.6 Å². The van der Waals surface area contributed by atoms with Crippen molar-refractivity contribution in [2.75, 3.05) is 20.3 Å². The molecule has 0 saturated carbocycles. The molecule has 0 spiro atoms. The smallest absolute Gasteiger partial charge is 0.260 e. The standard InChI is InChI=1S/C21H17F2N3O3/c1-28-6-7-29-17-4-2-13(3-5-17)18-11-26(16-9-14(22)8-15(23)10-16)20-19(18)21(27)25-12-24-20/h2-5,8-12H,6-7H2,1H3,(H,24,25,27). The topological polar surface area (TPSA) is 69.1 Å². The number of aromatic nitrogens is 3. The maximum Gasteiger partial charge on any atom is 0.260 e. The highest BCUT2D eigenvalue weighted by atomic mass is 19.1. The van der Waals surface area contributed by atoms with Crippen molar-refractivity contribution in [1.29, 1.82) is 0 Å². The lowest BCUT2D eigenvalue weighted by Gasteiger charge is -2.06. The molecule has 0 aliphatic rings. The van der Waals surface area contributed by atoms with Gasteiger partial charge < -0.3 is 19.0 Å². The minimum Gasteiger partial charge on any atom is -0.491 e. The summed E-state index contributed by atoms with van der Waals surface area (Å²) in [6.45, 7) is 0.893. The van der Waals surface area contributed by atoms with Crippen molar-refractivity contribution in [2.24, 2.45) is 0 Å². The summed E-state index contributed by atoms with van der Waals surface area (Å²) in [6.07, 6.45) is 2.90. The monoisotopic (exact) mass is 397 g/mol. The van der Waals surface area contributed by atoms with E-state index in [1.807, 2.05) is 0 Å². The largest absolute Gasteiger partial charge is 0.491 e. The second-order valence-electron chi connectivity index (χ2n) is 6.34. The lowest BCUT2D eigenvalue weighted by atomic mass is 10.1. The molecule has 1 N–H and O–H groups in total. The molecule has 0 radical (unpaired) electrons. The summed E-state index contributed by atoms with van der Waals surface area (Å²) >= 11 is 0. The molecular formula is C21H17F2N3O3. The van der Waals surface area contributed by atoms with Crippen LogP contribution in [0.4, 0.5) is 8.78 Å². The normalized spacial score (nSPS) is 11.1. The van der Waals surface area contributed by atoms with Gasteiger partial charge in [0.15, 0.2) is 5.65 Å². The van der Waals surface area contributed by atoms with E-state index in [0.29, 0.717) is 35.6 Å². The summed E-state index contributed by atoms with van der Waals surface area (Å²) in [7, 11) is 1.60. The van der Waals surface area contributed by atoms with Crippen LogP contribution in [0.15, 0.2) is 59.8 Å². The third-order valence-electron chi connectivity index (χ3n) is 4.44. The van der Waals surface area contributed by atoms with Crippen LogP contribution in [0.5, 0.6) is 5.75 Å². The number of methoxy groups -OCH3 is 1. The number of hydrogen-bond donors (Lipinski definition) is 1. The summed E-state index contributed by atoms with van der Waals surface area (Å²) in [5.41, 5.74) is 1.51. The number of H-pyrrole nitrogens is 1. The molecule has 4 rings (SSSR count). The van der Waals surface area contributed by atoms with Crippen LogP contribution < -0.4 is 10.3 Å². The highest BCUT2D eigenvalue weighted by Gasteiger charge is 2.17.